The van der Waals surface area contributed by atoms with Crippen LogP contribution in [0.5, 0.6) is 0 Å². The van der Waals surface area contributed by atoms with Crippen LogP contribution < -0.4 is 9.62 Å². The number of amides is 1. The highest BCUT2D eigenvalue weighted by Gasteiger charge is 2.14. The number of nitrogens with zero attached hydrogens (tertiary/aromatic N) is 1. The molecule has 0 radical (unpaired) electrons. The number of carbonyl (C=O) groups excluding carboxylic acids is 2. The van der Waals surface area contributed by atoms with E-state index in [-0.39, 0.29) is 11.7 Å². The van der Waals surface area contributed by atoms with Crippen LogP contribution in [0.1, 0.15) is 27.6 Å². The largest absolute Gasteiger partial charge is 0.322 e. The molecule has 7 heteroatoms. The zero-order valence-electron chi connectivity index (χ0n) is 13.6. The molecule has 0 spiro atoms. The molecule has 0 aliphatic rings. The van der Waals surface area contributed by atoms with Crippen molar-refractivity contribution >= 4 is 33.1 Å². The van der Waals surface area contributed by atoms with Gasteiger partial charge in [-0.1, -0.05) is 18.2 Å². The predicted molar refractivity (Wildman–Crippen MR) is 94.1 cm³/mol. The van der Waals surface area contributed by atoms with Gasteiger partial charge in [-0.05, 0) is 37.3 Å². The summed E-state index contributed by atoms with van der Waals surface area (Å²) in [7, 11) is -1.99. The van der Waals surface area contributed by atoms with Crippen LogP contribution in [0.3, 0.4) is 0 Å². The van der Waals surface area contributed by atoms with Gasteiger partial charge in [0.25, 0.3) is 5.91 Å². The summed E-state index contributed by atoms with van der Waals surface area (Å²) in [4.78, 5) is 23.7. The highest BCUT2D eigenvalue weighted by Crippen LogP contribution is 2.19. The lowest BCUT2D eigenvalue weighted by molar-refractivity contribution is 0.101. The van der Waals surface area contributed by atoms with E-state index in [1.807, 2.05) is 0 Å². The number of rotatable bonds is 5. The second kappa shape index (κ2) is 6.84. The first-order valence-electron chi connectivity index (χ1n) is 7.15. The number of Topliss-reactive ketones (excluding diaryl/α,β-unsaturated/α-hetero) is 1. The van der Waals surface area contributed by atoms with E-state index in [2.05, 4.69) is 5.32 Å². The molecule has 0 aliphatic heterocycles. The Morgan fingerprint density at radius 1 is 1.00 bits per heavy atom. The number of benzene rings is 2. The predicted octanol–water partition coefficient (Wildman–Crippen LogP) is 2.54. The summed E-state index contributed by atoms with van der Waals surface area (Å²) in [5, 5.41) is 2.70. The van der Waals surface area contributed by atoms with Gasteiger partial charge in [-0.2, -0.15) is 0 Å². The first-order chi connectivity index (χ1) is 11.2. The van der Waals surface area contributed by atoms with Crippen molar-refractivity contribution < 1.29 is 18.0 Å². The molecule has 0 atom stereocenters. The molecule has 2 aromatic carbocycles. The van der Waals surface area contributed by atoms with E-state index in [0.29, 0.717) is 22.5 Å². The van der Waals surface area contributed by atoms with Crippen LogP contribution in [0.15, 0.2) is 48.5 Å². The summed E-state index contributed by atoms with van der Waals surface area (Å²) in [6, 6.07) is 12.9. The molecular formula is C17H18N2O4S. The monoisotopic (exact) mass is 346 g/mol. The molecule has 24 heavy (non-hydrogen) atoms. The van der Waals surface area contributed by atoms with Crippen molar-refractivity contribution in [2.45, 2.75) is 6.92 Å². The van der Waals surface area contributed by atoms with Crippen molar-refractivity contribution in [3.63, 3.8) is 0 Å². The SMILES string of the molecule is CC(=O)c1cccc(NC(=O)c2cccc(N(C)S(C)(=O)=O)c2)c1. The Morgan fingerprint density at radius 2 is 1.62 bits per heavy atom. The van der Waals surface area contributed by atoms with Gasteiger partial charge in [0.2, 0.25) is 10.0 Å². The van der Waals surface area contributed by atoms with Crippen molar-refractivity contribution in [3.8, 4) is 0 Å². The molecule has 0 heterocycles. The van der Waals surface area contributed by atoms with E-state index in [1.54, 1.807) is 42.5 Å². The first kappa shape index (κ1) is 17.7. The summed E-state index contributed by atoms with van der Waals surface area (Å²) in [5.41, 5.74) is 1.70. The maximum absolute atomic E-state index is 12.4. The third-order valence-corrected chi connectivity index (χ3v) is 4.70. The van der Waals surface area contributed by atoms with Crippen molar-refractivity contribution in [2.24, 2.45) is 0 Å². The topological polar surface area (TPSA) is 83.6 Å². The molecule has 2 aromatic rings. The van der Waals surface area contributed by atoms with Crippen LogP contribution in [-0.2, 0) is 10.0 Å². The summed E-state index contributed by atoms with van der Waals surface area (Å²) in [6.45, 7) is 1.45. The Labute approximate surface area is 141 Å². The number of nitrogens with one attached hydrogen (secondary N) is 1. The molecule has 0 fully saturated rings. The molecule has 1 amide bonds. The zero-order valence-corrected chi connectivity index (χ0v) is 14.4. The molecule has 0 unspecified atom stereocenters. The van der Waals surface area contributed by atoms with E-state index >= 15 is 0 Å². The second-order valence-electron chi connectivity index (χ2n) is 5.37. The molecule has 0 aliphatic carbocycles. The molecule has 2 rings (SSSR count). The summed E-state index contributed by atoms with van der Waals surface area (Å²) in [6.07, 6.45) is 1.09. The van der Waals surface area contributed by atoms with E-state index < -0.39 is 10.0 Å². The van der Waals surface area contributed by atoms with Gasteiger partial charge in [0.05, 0.1) is 11.9 Å². The minimum atomic E-state index is -3.41. The van der Waals surface area contributed by atoms with Crippen LogP contribution in [0.25, 0.3) is 0 Å². The highest BCUT2D eigenvalue weighted by atomic mass is 32.2. The number of hydrogen-bond acceptors (Lipinski definition) is 4. The van der Waals surface area contributed by atoms with Gasteiger partial charge in [0, 0.05) is 23.9 Å². The van der Waals surface area contributed by atoms with E-state index in [4.69, 9.17) is 0 Å². The number of hydrogen-bond donors (Lipinski definition) is 1. The lowest BCUT2D eigenvalue weighted by Crippen LogP contribution is -2.25. The highest BCUT2D eigenvalue weighted by molar-refractivity contribution is 7.92. The Bertz CT molecular complexity index is 891. The van der Waals surface area contributed by atoms with Gasteiger partial charge in [0.1, 0.15) is 0 Å². The third-order valence-electron chi connectivity index (χ3n) is 3.50. The maximum atomic E-state index is 12.4. The van der Waals surface area contributed by atoms with Gasteiger partial charge < -0.3 is 5.32 Å². The molecule has 0 aromatic heterocycles. The van der Waals surface area contributed by atoms with Gasteiger partial charge >= 0.3 is 0 Å². The number of carbonyl (C=O) groups is 2. The van der Waals surface area contributed by atoms with Crippen LogP contribution in [0, 0.1) is 0 Å². The number of anilines is 2. The molecule has 1 N–H and O–H groups in total. The van der Waals surface area contributed by atoms with Crippen LogP contribution in [0.4, 0.5) is 11.4 Å². The Morgan fingerprint density at radius 3 is 2.25 bits per heavy atom. The minimum Gasteiger partial charge on any atom is -0.322 e. The Kier molecular flexibility index (Phi) is 5.04. The first-order valence-corrected chi connectivity index (χ1v) is 8.99. The Hall–Kier alpha value is -2.67. The smallest absolute Gasteiger partial charge is 0.255 e. The zero-order chi connectivity index (χ0) is 17.9. The van der Waals surface area contributed by atoms with Gasteiger partial charge in [-0.15, -0.1) is 0 Å². The number of sulfonamides is 1. The van der Waals surface area contributed by atoms with Crippen molar-refractivity contribution in [1.82, 2.24) is 0 Å². The maximum Gasteiger partial charge on any atom is 0.255 e. The van der Waals surface area contributed by atoms with Gasteiger partial charge in [-0.3, -0.25) is 13.9 Å². The minimum absolute atomic E-state index is 0.0946. The lowest BCUT2D eigenvalue weighted by Gasteiger charge is -2.17. The fourth-order valence-electron chi connectivity index (χ4n) is 2.05. The van der Waals surface area contributed by atoms with E-state index in [1.165, 1.54) is 20.0 Å². The van der Waals surface area contributed by atoms with Crippen LogP contribution in [-0.4, -0.2) is 33.4 Å². The standard InChI is InChI=1S/C17H18N2O4S/c1-12(20)13-6-4-8-15(10-13)18-17(21)14-7-5-9-16(11-14)19(2)24(3,22)23/h4-11H,1-3H3,(H,18,21). The summed E-state index contributed by atoms with van der Waals surface area (Å²) < 4.78 is 24.3. The quantitative estimate of drug-likeness (QED) is 0.843. The van der Waals surface area contributed by atoms with Crippen LogP contribution in [0.2, 0.25) is 0 Å². The normalized spacial score (nSPS) is 11.0. The van der Waals surface area contributed by atoms with Crippen molar-refractivity contribution in [2.75, 3.05) is 22.9 Å². The third kappa shape index (κ3) is 4.20. The fraction of sp³-hybridized carbons (Fsp3) is 0.176. The second-order valence-corrected chi connectivity index (χ2v) is 7.39. The van der Waals surface area contributed by atoms with Gasteiger partial charge in [-0.25, -0.2) is 8.42 Å². The lowest BCUT2D eigenvalue weighted by atomic mass is 10.1. The van der Waals surface area contributed by atoms with Gasteiger partial charge in [0.15, 0.2) is 5.78 Å². The molecule has 0 saturated carbocycles. The van der Waals surface area contributed by atoms with Crippen molar-refractivity contribution in [3.05, 3.63) is 59.7 Å². The average molecular weight is 346 g/mol. The van der Waals surface area contributed by atoms with Crippen molar-refractivity contribution in [1.29, 1.82) is 0 Å². The molecule has 0 bridgehead atoms. The number of ketones is 1. The van der Waals surface area contributed by atoms with Crippen LogP contribution >= 0.6 is 0 Å². The fourth-order valence-corrected chi connectivity index (χ4v) is 2.55. The molecular weight excluding hydrogens is 328 g/mol. The Balaban J connectivity index is 2.25. The van der Waals surface area contributed by atoms with E-state index in [0.717, 1.165) is 10.6 Å². The molecule has 6 nitrogen and oxygen atoms in total. The molecule has 0 saturated heterocycles. The average Bonchev–Trinajstić information content (AvgIpc) is 2.53. The summed E-state index contributed by atoms with van der Waals surface area (Å²) >= 11 is 0. The van der Waals surface area contributed by atoms with E-state index in [9.17, 15) is 18.0 Å². The summed E-state index contributed by atoms with van der Waals surface area (Å²) in [5.74, 6) is -0.484. The molecule has 126 valence electrons.